The maximum absolute atomic E-state index is 13.5. The summed E-state index contributed by atoms with van der Waals surface area (Å²) >= 11 is 0. The van der Waals surface area contributed by atoms with Crippen molar-refractivity contribution in [2.75, 3.05) is 6.54 Å². The zero-order valence-corrected chi connectivity index (χ0v) is 20.6. The molecule has 1 unspecified atom stereocenters. The van der Waals surface area contributed by atoms with Crippen molar-refractivity contribution >= 4 is 23.6 Å². The average molecular weight is 499 g/mol. The minimum absolute atomic E-state index is 0.189. The van der Waals surface area contributed by atoms with Gasteiger partial charge >= 0.3 is 0 Å². The van der Waals surface area contributed by atoms with Crippen LogP contribution >= 0.6 is 0 Å². The van der Waals surface area contributed by atoms with Gasteiger partial charge in [-0.1, -0.05) is 29.5 Å². The quantitative estimate of drug-likeness (QED) is 0.552. The highest BCUT2D eigenvalue weighted by atomic mass is 16.2. The van der Waals surface area contributed by atoms with Crippen LogP contribution in [0.15, 0.2) is 48.7 Å². The average Bonchev–Trinajstić information content (AvgIpc) is 3.49. The van der Waals surface area contributed by atoms with E-state index in [2.05, 4.69) is 27.8 Å². The third kappa shape index (κ3) is 3.71. The zero-order chi connectivity index (χ0) is 25.9. The van der Waals surface area contributed by atoms with Gasteiger partial charge in [-0.2, -0.15) is 0 Å². The number of aromatic nitrogens is 3. The first-order chi connectivity index (χ1) is 17.7. The minimum Gasteiger partial charge on any atom is -0.328 e. The van der Waals surface area contributed by atoms with Crippen LogP contribution in [0.5, 0.6) is 0 Å². The first-order valence-corrected chi connectivity index (χ1v) is 12.3. The van der Waals surface area contributed by atoms with E-state index in [4.69, 9.17) is 0 Å². The van der Waals surface area contributed by atoms with E-state index < -0.39 is 17.5 Å². The van der Waals surface area contributed by atoms with Crippen molar-refractivity contribution < 1.29 is 19.2 Å². The normalized spacial score (nSPS) is 20.5. The summed E-state index contributed by atoms with van der Waals surface area (Å²) in [6.07, 6.45) is 2.90. The van der Waals surface area contributed by atoms with Crippen LogP contribution in [0.3, 0.4) is 0 Å². The zero-order valence-electron chi connectivity index (χ0n) is 20.6. The van der Waals surface area contributed by atoms with Crippen molar-refractivity contribution in [3.63, 3.8) is 0 Å². The lowest BCUT2D eigenvalue weighted by molar-refractivity contribution is -0.136. The number of rotatable bonds is 3. The summed E-state index contributed by atoms with van der Waals surface area (Å²) in [4.78, 5) is 53.6. The molecular formula is C27H26N6O4. The molecule has 37 heavy (non-hydrogen) atoms. The number of imide groups is 1. The number of hydrogen-bond acceptors (Lipinski definition) is 6. The molecule has 3 aromatic rings. The molecule has 1 saturated heterocycles. The largest absolute Gasteiger partial charge is 0.328 e. The van der Waals surface area contributed by atoms with E-state index in [1.54, 1.807) is 18.3 Å². The number of nitrogens with zero attached hydrogens (tertiary/aromatic N) is 5. The second kappa shape index (κ2) is 8.36. The molecule has 6 rings (SSSR count). The van der Waals surface area contributed by atoms with E-state index in [1.165, 1.54) is 15.1 Å². The predicted octanol–water partition coefficient (Wildman–Crippen LogP) is 1.96. The summed E-state index contributed by atoms with van der Waals surface area (Å²) in [6.45, 7) is 4.93. The molecule has 1 atom stereocenters. The number of carbonyl (C=O) groups excluding carboxylic acids is 4. The summed E-state index contributed by atoms with van der Waals surface area (Å²) in [6, 6.07) is 12.8. The number of amides is 4. The lowest BCUT2D eigenvalue weighted by atomic mass is 9.83. The highest BCUT2D eigenvalue weighted by Gasteiger charge is 2.40. The van der Waals surface area contributed by atoms with Gasteiger partial charge in [-0.05, 0) is 61.6 Å². The number of hydrogen-bond donors (Lipinski definition) is 1. The topological polar surface area (TPSA) is 118 Å². The Morgan fingerprint density at radius 2 is 1.86 bits per heavy atom. The van der Waals surface area contributed by atoms with Crippen LogP contribution in [-0.2, 0) is 28.1 Å². The Balaban J connectivity index is 1.23. The van der Waals surface area contributed by atoms with E-state index in [9.17, 15) is 19.2 Å². The molecule has 4 heterocycles. The van der Waals surface area contributed by atoms with E-state index in [0.717, 1.165) is 17.5 Å². The maximum Gasteiger partial charge on any atom is 0.276 e. The molecule has 0 spiro atoms. The van der Waals surface area contributed by atoms with E-state index in [-0.39, 0.29) is 36.4 Å². The molecule has 1 N–H and O–H groups in total. The molecule has 188 valence electrons. The van der Waals surface area contributed by atoms with Gasteiger partial charge in [0.15, 0.2) is 5.69 Å². The fourth-order valence-corrected chi connectivity index (χ4v) is 5.68. The van der Waals surface area contributed by atoms with E-state index in [1.807, 2.05) is 36.9 Å². The number of carbonyl (C=O) groups is 4. The summed E-state index contributed by atoms with van der Waals surface area (Å²) in [5.74, 6) is -1.19. The van der Waals surface area contributed by atoms with Crippen LogP contribution in [0.1, 0.15) is 64.2 Å². The van der Waals surface area contributed by atoms with Crippen LogP contribution in [-0.4, -0.2) is 61.0 Å². The highest BCUT2D eigenvalue weighted by molar-refractivity contribution is 6.05. The van der Waals surface area contributed by atoms with Crippen LogP contribution < -0.4 is 5.32 Å². The second-order valence-corrected chi connectivity index (χ2v) is 10.2. The van der Waals surface area contributed by atoms with Crippen LogP contribution in [0.25, 0.3) is 5.69 Å². The van der Waals surface area contributed by atoms with Crippen LogP contribution in [0, 0.1) is 0 Å². The Morgan fingerprint density at radius 1 is 1.05 bits per heavy atom. The summed E-state index contributed by atoms with van der Waals surface area (Å²) in [5.41, 5.74) is 4.07. The molecule has 10 heteroatoms. The predicted molar refractivity (Wildman–Crippen MR) is 132 cm³/mol. The summed E-state index contributed by atoms with van der Waals surface area (Å²) < 4.78 is 1.53. The monoisotopic (exact) mass is 498 g/mol. The molecule has 0 aliphatic carbocycles. The Kier molecular flexibility index (Phi) is 5.22. The first-order valence-electron chi connectivity index (χ1n) is 12.3. The van der Waals surface area contributed by atoms with E-state index in [0.29, 0.717) is 24.2 Å². The second-order valence-electron chi connectivity index (χ2n) is 10.2. The number of fused-ring (bicyclic) bond motifs is 2. The molecule has 3 aliphatic rings. The lowest BCUT2D eigenvalue weighted by Crippen LogP contribution is -2.52. The van der Waals surface area contributed by atoms with Gasteiger partial charge in [-0.3, -0.25) is 24.5 Å². The summed E-state index contributed by atoms with van der Waals surface area (Å²) in [7, 11) is 0. The number of nitrogens with one attached hydrogen (secondary N) is 1. The van der Waals surface area contributed by atoms with E-state index >= 15 is 0 Å². The molecule has 0 saturated carbocycles. The third-order valence-electron chi connectivity index (χ3n) is 7.69. The minimum atomic E-state index is -0.672. The fourth-order valence-electron chi connectivity index (χ4n) is 5.68. The van der Waals surface area contributed by atoms with Crippen molar-refractivity contribution in [1.29, 1.82) is 0 Å². The molecule has 3 aliphatic heterocycles. The lowest BCUT2D eigenvalue weighted by Gasteiger charge is -2.43. The van der Waals surface area contributed by atoms with Crippen molar-refractivity contribution in [2.45, 2.75) is 51.2 Å². The van der Waals surface area contributed by atoms with Crippen molar-refractivity contribution in [2.24, 2.45) is 0 Å². The molecular weight excluding hydrogens is 472 g/mol. The molecule has 1 fully saturated rings. The van der Waals surface area contributed by atoms with Crippen LogP contribution in [0.2, 0.25) is 0 Å². The van der Waals surface area contributed by atoms with Gasteiger partial charge in [0.25, 0.3) is 11.8 Å². The van der Waals surface area contributed by atoms with Crippen molar-refractivity contribution in [1.82, 2.24) is 30.1 Å². The fraction of sp³-hybridized carbons (Fsp3) is 0.333. The summed E-state index contributed by atoms with van der Waals surface area (Å²) in [5, 5.41) is 10.7. The van der Waals surface area contributed by atoms with Crippen LogP contribution in [0.4, 0.5) is 0 Å². The first kappa shape index (κ1) is 23.1. The number of piperidine rings is 1. The van der Waals surface area contributed by atoms with Gasteiger partial charge in [-0.15, -0.1) is 5.10 Å². The maximum atomic E-state index is 13.5. The third-order valence-corrected chi connectivity index (χ3v) is 7.69. The highest BCUT2D eigenvalue weighted by Crippen LogP contribution is 2.36. The van der Waals surface area contributed by atoms with Gasteiger partial charge in [0, 0.05) is 25.1 Å². The molecule has 0 radical (unpaired) electrons. The Bertz CT molecular complexity index is 1480. The van der Waals surface area contributed by atoms with Gasteiger partial charge in [0.1, 0.15) is 6.04 Å². The van der Waals surface area contributed by atoms with Gasteiger partial charge < -0.3 is 9.80 Å². The Labute approximate surface area is 213 Å². The van der Waals surface area contributed by atoms with Gasteiger partial charge in [0.05, 0.1) is 17.4 Å². The van der Waals surface area contributed by atoms with Crippen molar-refractivity contribution in [3.05, 3.63) is 76.6 Å². The van der Waals surface area contributed by atoms with Gasteiger partial charge in [-0.25, -0.2) is 4.68 Å². The standard InChI is InChI=1S/C27H26N6O4/c1-27(2)20-6-4-3-5-16(20)11-12-32(27)26(37)21-15-33(30-29-21)18-7-8-19-17(13-18)14-31(25(19)36)22-9-10-23(34)28-24(22)35/h3-8,13,15,22H,9-12,14H2,1-2H3,(H,28,34,35). The Morgan fingerprint density at radius 3 is 2.68 bits per heavy atom. The van der Waals surface area contributed by atoms with Crippen molar-refractivity contribution in [3.8, 4) is 5.69 Å². The molecule has 4 amide bonds. The smallest absolute Gasteiger partial charge is 0.276 e. The molecule has 2 aromatic carbocycles. The molecule has 10 nitrogen and oxygen atoms in total. The SMILES string of the molecule is CC1(C)c2ccccc2CCN1C(=O)c1cn(-c2ccc3c(c2)CN(C2CCC(=O)NC2=O)C3=O)nn1. The molecule has 0 bridgehead atoms. The van der Waals surface area contributed by atoms with Gasteiger partial charge in [0.2, 0.25) is 11.8 Å². The Hall–Kier alpha value is -4.34. The molecule has 1 aromatic heterocycles. The number of benzene rings is 2.